The average molecular weight is 605 g/mol. The third-order valence-corrected chi connectivity index (χ3v) is 6.78. The Morgan fingerprint density at radius 3 is 2.52 bits per heavy atom. The molecule has 3 rings (SSSR count). The highest BCUT2D eigenvalue weighted by atomic mass is 35.5. The number of aryl methyl sites for hydroxylation is 1. The number of carbonyl (C=O) groups excluding carboxylic acids is 5. The van der Waals surface area contributed by atoms with Crippen molar-refractivity contribution in [1.82, 2.24) is 10.3 Å². The molecule has 1 N–H and O–H groups in total. The number of hydrogen-bond acceptors (Lipinski definition) is 11. The highest BCUT2D eigenvalue weighted by molar-refractivity contribution is 6.31. The monoisotopic (exact) mass is 604 g/mol. The first-order valence-electron chi connectivity index (χ1n) is 13.3. The Kier molecular flexibility index (Phi) is 11.3. The summed E-state index contributed by atoms with van der Waals surface area (Å²) in [7, 11) is 0. The Hall–Kier alpha value is -4.19. The molecule has 0 saturated carbocycles. The molecular weight excluding hydrogens is 572 g/mol. The average Bonchev–Trinajstić information content (AvgIpc) is 2.98. The number of nitrogens with zero attached hydrogens (tertiary/aromatic N) is 1. The number of nitrogens with one attached hydrogen (secondary N) is 1. The van der Waals surface area contributed by atoms with Crippen LogP contribution in [0.15, 0.2) is 36.5 Å². The van der Waals surface area contributed by atoms with Crippen molar-refractivity contribution in [2.45, 2.75) is 65.9 Å². The summed E-state index contributed by atoms with van der Waals surface area (Å²) in [6.45, 7) is 7.30. The van der Waals surface area contributed by atoms with Crippen molar-refractivity contribution in [3.63, 3.8) is 0 Å². The molecule has 226 valence electrons. The van der Waals surface area contributed by atoms with E-state index in [1.165, 1.54) is 19.2 Å². The van der Waals surface area contributed by atoms with Crippen LogP contribution in [0.3, 0.4) is 0 Å². The molecule has 1 aromatic heterocycles. The van der Waals surface area contributed by atoms with Gasteiger partial charge in [-0.15, -0.1) is 0 Å². The van der Waals surface area contributed by atoms with E-state index in [1.807, 2.05) is 0 Å². The van der Waals surface area contributed by atoms with Gasteiger partial charge in [-0.25, -0.2) is 14.6 Å². The van der Waals surface area contributed by atoms with Crippen molar-refractivity contribution in [3.05, 3.63) is 58.4 Å². The lowest BCUT2D eigenvalue weighted by molar-refractivity contribution is -0.176. The first-order valence-corrected chi connectivity index (χ1v) is 13.7. The van der Waals surface area contributed by atoms with E-state index >= 15 is 0 Å². The maximum absolute atomic E-state index is 13.2. The van der Waals surface area contributed by atoms with Crippen molar-refractivity contribution in [1.29, 1.82) is 0 Å². The number of ether oxygens (including phenoxy) is 5. The van der Waals surface area contributed by atoms with Gasteiger partial charge in [-0.2, -0.15) is 0 Å². The van der Waals surface area contributed by atoms with Gasteiger partial charge in [0.2, 0.25) is 0 Å². The lowest BCUT2D eigenvalue weighted by atomic mass is 9.95. The summed E-state index contributed by atoms with van der Waals surface area (Å²) in [6, 6.07) is 6.83. The van der Waals surface area contributed by atoms with Crippen LogP contribution in [-0.4, -0.2) is 59.8 Å². The topological polar surface area (TPSA) is 156 Å². The van der Waals surface area contributed by atoms with E-state index in [-0.39, 0.29) is 24.5 Å². The number of pyridine rings is 1. The van der Waals surface area contributed by atoms with Crippen LogP contribution in [0, 0.1) is 18.8 Å². The molecule has 1 aromatic carbocycles. The zero-order chi connectivity index (χ0) is 31.0. The van der Waals surface area contributed by atoms with Gasteiger partial charge in [0.15, 0.2) is 23.6 Å². The molecule has 2 aromatic rings. The quantitative estimate of drug-likeness (QED) is 0.344. The van der Waals surface area contributed by atoms with E-state index in [2.05, 4.69) is 10.3 Å². The fraction of sp³-hybridized carbons (Fsp3) is 0.448. The Balaban J connectivity index is 1.76. The Morgan fingerprint density at radius 1 is 1.14 bits per heavy atom. The number of cyclic esters (lactones) is 2. The number of esters is 3. The first-order chi connectivity index (χ1) is 19.9. The van der Waals surface area contributed by atoms with Gasteiger partial charge in [0.25, 0.3) is 5.91 Å². The minimum Gasteiger partial charge on any atom is -0.463 e. The fourth-order valence-corrected chi connectivity index (χ4v) is 4.20. The van der Waals surface area contributed by atoms with Gasteiger partial charge >= 0.3 is 24.1 Å². The molecule has 13 heteroatoms. The van der Waals surface area contributed by atoms with Crippen LogP contribution in [0.4, 0.5) is 4.79 Å². The van der Waals surface area contributed by atoms with E-state index in [1.54, 1.807) is 52.0 Å². The van der Waals surface area contributed by atoms with Crippen LogP contribution < -0.4 is 10.1 Å². The predicted molar refractivity (Wildman–Crippen MR) is 148 cm³/mol. The number of aromatic nitrogens is 1. The molecule has 4 atom stereocenters. The summed E-state index contributed by atoms with van der Waals surface area (Å²) >= 11 is 6.09. The largest absolute Gasteiger partial charge is 0.514 e. The highest BCUT2D eigenvalue weighted by Crippen LogP contribution is 2.25. The van der Waals surface area contributed by atoms with Gasteiger partial charge in [0, 0.05) is 16.8 Å². The Bertz CT molecular complexity index is 1330. The second-order valence-electron chi connectivity index (χ2n) is 9.91. The zero-order valence-electron chi connectivity index (χ0n) is 23.9. The van der Waals surface area contributed by atoms with Gasteiger partial charge in [0.1, 0.15) is 19.3 Å². The number of halogens is 1. The second-order valence-corrected chi connectivity index (χ2v) is 10.3. The smallest absolute Gasteiger partial charge is 0.463 e. The van der Waals surface area contributed by atoms with E-state index in [0.717, 1.165) is 0 Å². The lowest BCUT2D eigenvalue weighted by Crippen LogP contribution is -2.47. The maximum Gasteiger partial charge on any atom is 0.514 e. The lowest BCUT2D eigenvalue weighted by Gasteiger charge is -2.29. The van der Waals surface area contributed by atoms with E-state index < -0.39 is 66.7 Å². The molecule has 2 heterocycles. The molecule has 0 aliphatic carbocycles. The molecular formula is C29H33ClN2O10. The molecule has 1 aliphatic rings. The normalized spacial score (nSPS) is 20.7. The molecule has 42 heavy (non-hydrogen) atoms. The van der Waals surface area contributed by atoms with Crippen LogP contribution in [0.5, 0.6) is 5.75 Å². The summed E-state index contributed by atoms with van der Waals surface area (Å²) in [5.41, 5.74) is 0.598. The molecule has 0 radical (unpaired) electrons. The van der Waals surface area contributed by atoms with Gasteiger partial charge in [-0.3, -0.25) is 14.4 Å². The van der Waals surface area contributed by atoms with Gasteiger partial charge in [-0.1, -0.05) is 50.6 Å². The minimum absolute atomic E-state index is 0.178. The minimum atomic E-state index is -1.44. The van der Waals surface area contributed by atoms with E-state index in [9.17, 15) is 24.0 Å². The third kappa shape index (κ3) is 8.19. The van der Waals surface area contributed by atoms with Gasteiger partial charge in [-0.05, 0) is 38.0 Å². The van der Waals surface area contributed by atoms with E-state index in [0.29, 0.717) is 16.1 Å². The fourth-order valence-electron chi connectivity index (χ4n) is 4.01. The molecule has 1 saturated heterocycles. The molecule has 0 spiro atoms. The Morgan fingerprint density at radius 2 is 1.86 bits per heavy atom. The maximum atomic E-state index is 13.2. The van der Waals surface area contributed by atoms with Crippen LogP contribution >= 0.6 is 11.6 Å². The van der Waals surface area contributed by atoms with Crippen molar-refractivity contribution >= 4 is 41.6 Å². The number of benzene rings is 1. The van der Waals surface area contributed by atoms with Gasteiger partial charge in [0.05, 0.1) is 11.8 Å². The molecule has 0 bridgehead atoms. The van der Waals surface area contributed by atoms with Crippen molar-refractivity contribution < 1.29 is 47.7 Å². The first kappa shape index (κ1) is 32.3. The highest BCUT2D eigenvalue weighted by Gasteiger charge is 2.41. The number of hydrogen-bond donors (Lipinski definition) is 1. The predicted octanol–water partition coefficient (Wildman–Crippen LogP) is 3.94. The molecule has 1 aliphatic heterocycles. The van der Waals surface area contributed by atoms with E-state index in [4.69, 9.17) is 35.3 Å². The van der Waals surface area contributed by atoms with Crippen LogP contribution in [0.1, 0.15) is 55.7 Å². The summed E-state index contributed by atoms with van der Waals surface area (Å²) in [4.78, 5) is 67.9. The van der Waals surface area contributed by atoms with Crippen molar-refractivity contribution in [2.24, 2.45) is 11.8 Å². The zero-order valence-corrected chi connectivity index (χ0v) is 24.6. The summed E-state index contributed by atoms with van der Waals surface area (Å²) in [5, 5.41) is 2.82. The summed E-state index contributed by atoms with van der Waals surface area (Å²) in [6.07, 6.45) is -1.67. The molecule has 1 fully saturated rings. The van der Waals surface area contributed by atoms with Gasteiger partial charge < -0.3 is 29.0 Å². The summed E-state index contributed by atoms with van der Waals surface area (Å²) < 4.78 is 26.8. The standard InChI is InChI=1S/C29H33ClN2O10/c1-6-19-24(41-26(34)15(2)3)17(5)40-28(36)21(14-38-27(19)35)32-25(33)22-23(16(4)11-12-31-22)42-29(37)39-13-18-9-7-8-10-20(18)30/h7-12,15,17,19,21,24H,6,13-14H2,1-5H3,(H,32,33)/t17-,19+,21-,24-/m0/s1. The third-order valence-electron chi connectivity index (χ3n) is 6.41. The Labute approximate surface area is 247 Å². The SMILES string of the molecule is CC[C@H]1C(=O)OC[C@H](NC(=O)c2nccc(C)c2OC(=O)OCc2ccccc2Cl)C(=O)O[C@@H](C)[C@@H]1OC(=O)C(C)C. The van der Waals surface area contributed by atoms with Crippen molar-refractivity contribution in [2.75, 3.05) is 6.61 Å². The molecule has 1 amide bonds. The van der Waals surface area contributed by atoms with Crippen LogP contribution in [-0.2, 0) is 39.9 Å². The molecule has 0 unspecified atom stereocenters. The van der Waals surface area contributed by atoms with Crippen LogP contribution in [0.25, 0.3) is 0 Å². The van der Waals surface area contributed by atoms with Crippen LogP contribution in [0.2, 0.25) is 5.02 Å². The van der Waals surface area contributed by atoms with Crippen molar-refractivity contribution in [3.8, 4) is 5.75 Å². The summed E-state index contributed by atoms with van der Waals surface area (Å²) in [5.74, 6) is -4.71. The number of rotatable bonds is 8. The second kappa shape index (κ2) is 14.6. The number of amides is 1. The number of carbonyl (C=O) groups is 5. The molecule has 12 nitrogen and oxygen atoms in total.